The van der Waals surface area contributed by atoms with Crippen molar-refractivity contribution in [2.24, 2.45) is 5.73 Å². The second-order valence-corrected chi connectivity index (χ2v) is 5.21. The van der Waals surface area contributed by atoms with Crippen LogP contribution in [0.1, 0.15) is 29.2 Å². The third-order valence-corrected chi connectivity index (χ3v) is 3.56. The second kappa shape index (κ2) is 6.06. The van der Waals surface area contributed by atoms with Crippen LogP contribution in [0.2, 0.25) is 0 Å². The molecule has 2 aromatic rings. The van der Waals surface area contributed by atoms with E-state index < -0.39 is 12.0 Å². The molecule has 0 amide bonds. The number of hydrogen-bond acceptors (Lipinski definition) is 2. The van der Waals surface area contributed by atoms with E-state index >= 15 is 0 Å². The largest absolute Gasteiger partial charge is 0.481 e. The molecule has 0 saturated carbocycles. The molecule has 0 heterocycles. The fourth-order valence-electron chi connectivity index (χ4n) is 2.51. The molecule has 0 aromatic heterocycles. The molecule has 1 atom stereocenters. The Kier molecular flexibility index (Phi) is 4.38. The van der Waals surface area contributed by atoms with Crippen molar-refractivity contribution < 1.29 is 14.3 Å². The summed E-state index contributed by atoms with van der Waals surface area (Å²) in [6.45, 7) is 3.84. The van der Waals surface area contributed by atoms with E-state index in [1.165, 1.54) is 6.07 Å². The summed E-state index contributed by atoms with van der Waals surface area (Å²) in [5.74, 6) is -1.31. The first kappa shape index (κ1) is 15.2. The first-order chi connectivity index (χ1) is 9.90. The van der Waals surface area contributed by atoms with Gasteiger partial charge in [-0.1, -0.05) is 24.3 Å². The molecule has 0 aliphatic rings. The van der Waals surface area contributed by atoms with Crippen LogP contribution in [-0.2, 0) is 4.79 Å². The van der Waals surface area contributed by atoms with Crippen LogP contribution >= 0.6 is 0 Å². The smallest absolute Gasteiger partial charge is 0.305 e. The lowest BCUT2D eigenvalue weighted by Crippen LogP contribution is -2.15. The van der Waals surface area contributed by atoms with E-state index in [2.05, 4.69) is 0 Å². The summed E-state index contributed by atoms with van der Waals surface area (Å²) >= 11 is 0. The molecule has 4 heteroatoms. The summed E-state index contributed by atoms with van der Waals surface area (Å²) in [7, 11) is 0. The summed E-state index contributed by atoms with van der Waals surface area (Å²) in [4.78, 5) is 10.8. The summed E-state index contributed by atoms with van der Waals surface area (Å²) in [6, 6.07) is 9.66. The van der Waals surface area contributed by atoms with Crippen LogP contribution in [0.25, 0.3) is 11.1 Å². The zero-order chi connectivity index (χ0) is 15.6. The molecular formula is C17H18FNO2. The highest BCUT2D eigenvalue weighted by molar-refractivity contribution is 5.72. The normalized spacial score (nSPS) is 12.2. The summed E-state index contributed by atoms with van der Waals surface area (Å²) in [6.07, 6.45) is -0.183. The van der Waals surface area contributed by atoms with Crippen molar-refractivity contribution in [1.29, 1.82) is 0 Å². The van der Waals surface area contributed by atoms with E-state index in [0.29, 0.717) is 11.1 Å². The molecule has 0 fully saturated rings. The molecule has 0 spiro atoms. The second-order valence-electron chi connectivity index (χ2n) is 5.21. The zero-order valence-electron chi connectivity index (χ0n) is 12.1. The third kappa shape index (κ3) is 3.28. The molecule has 0 aliphatic heterocycles. The van der Waals surface area contributed by atoms with Crippen LogP contribution in [0.4, 0.5) is 4.39 Å². The fraction of sp³-hybridized carbons (Fsp3) is 0.235. The van der Waals surface area contributed by atoms with Gasteiger partial charge in [0, 0.05) is 11.6 Å². The predicted octanol–water partition coefficient (Wildman–Crippen LogP) is 3.58. The molecule has 2 aromatic carbocycles. The van der Waals surface area contributed by atoms with Crippen molar-refractivity contribution in [2.45, 2.75) is 26.3 Å². The Labute approximate surface area is 123 Å². The zero-order valence-corrected chi connectivity index (χ0v) is 12.1. The van der Waals surface area contributed by atoms with E-state index in [4.69, 9.17) is 10.8 Å². The molecule has 110 valence electrons. The summed E-state index contributed by atoms with van der Waals surface area (Å²) in [5, 5.41) is 8.82. The lowest BCUT2D eigenvalue weighted by atomic mass is 9.92. The van der Waals surface area contributed by atoms with Crippen LogP contribution in [-0.4, -0.2) is 11.1 Å². The Balaban J connectivity index is 2.52. The van der Waals surface area contributed by atoms with Gasteiger partial charge in [0.05, 0.1) is 6.42 Å². The first-order valence-corrected chi connectivity index (χ1v) is 6.73. The summed E-state index contributed by atoms with van der Waals surface area (Å²) in [5.41, 5.74) is 9.72. The van der Waals surface area contributed by atoms with Gasteiger partial charge in [-0.15, -0.1) is 0 Å². The standard InChI is InChI=1S/C17H18FNO2/c1-10-4-3-5-11(2)17(10)13-8-12(6-7-14(13)18)15(19)9-16(20)21/h3-8,15H,9,19H2,1-2H3,(H,20,21). The number of carboxylic acids is 1. The minimum atomic E-state index is -0.972. The van der Waals surface area contributed by atoms with Gasteiger partial charge in [0.2, 0.25) is 0 Å². The van der Waals surface area contributed by atoms with Gasteiger partial charge in [0.15, 0.2) is 0 Å². The fourth-order valence-corrected chi connectivity index (χ4v) is 2.51. The van der Waals surface area contributed by atoms with Gasteiger partial charge in [0.25, 0.3) is 0 Å². The van der Waals surface area contributed by atoms with Crippen LogP contribution in [0.3, 0.4) is 0 Å². The number of carboxylic acid groups (broad SMARTS) is 1. The van der Waals surface area contributed by atoms with Gasteiger partial charge in [0.1, 0.15) is 5.82 Å². The number of aliphatic carboxylic acids is 1. The topological polar surface area (TPSA) is 63.3 Å². The highest BCUT2D eigenvalue weighted by Crippen LogP contribution is 2.31. The van der Waals surface area contributed by atoms with Crippen molar-refractivity contribution in [3.05, 3.63) is 58.9 Å². The molecule has 0 radical (unpaired) electrons. The Morgan fingerprint density at radius 1 is 1.24 bits per heavy atom. The molecule has 2 rings (SSSR count). The predicted molar refractivity (Wildman–Crippen MR) is 80.5 cm³/mol. The van der Waals surface area contributed by atoms with Crippen molar-refractivity contribution in [3.63, 3.8) is 0 Å². The van der Waals surface area contributed by atoms with Crippen LogP contribution < -0.4 is 5.73 Å². The molecule has 0 bridgehead atoms. The van der Waals surface area contributed by atoms with E-state index in [1.54, 1.807) is 12.1 Å². The number of hydrogen-bond donors (Lipinski definition) is 2. The van der Waals surface area contributed by atoms with Gasteiger partial charge < -0.3 is 10.8 Å². The van der Waals surface area contributed by atoms with Gasteiger partial charge in [-0.25, -0.2) is 4.39 Å². The maximum absolute atomic E-state index is 14.2. The number of nitrogens with two attached hydrogens (primary N) is 1. The number of aryl methyl sites for hydroxylation is 2. The van der Waals surface area contributed by atoms with E-state index in [9.17, 15) is 9.18 Å². The van der Waals surface area contributed by atoms with Crippen molar-refractivity contribution in [3.8, 4) is 11.1 Å². The first-order valence-electron chi connectivity index (χ1n) is 6.73. The Bertz CT molecular complexity index is 662. The van der Waals surface area contributed by atoms with Gasteiger partial charge in [-0.05, 0) is 48.2 Å². The van der Waals surface area contributed by atoms with E-state index in [-0.39, 0.29) is 12.2 Å². The van der Waals surface area contributed by atoms with Crippen molar-refractivity contribution in [2.75, 3.05) is 0 Å². The van der Waals surface area contributed by atoms with Gasteiger partial charge >= 0.3 is 5.97 Å². The lowest BCUT2D eigenvalue weighted by molar-refractivity contribution is -0.137. The van der Waals surface area contributed by atoms with E-state index in [0.717, 1.165) is 16.7 Å². The SMILES string of the molecule is Cc1cccc(C)c1-c1cc(C(N)CC(=O)O)ccc1F. The van der Waals surface area contributed by atoms with Gasteiger partial charge in [-0.2, -0.15) is 0 Å². The average Bonchev–Trinajstić information content (AvgIpc) is 2.39. The molecule has 0 aliphatic carbocycles. The van der Waals surface area contributed by atoms with Crippen molar-refractivity contribution >= 4 is 5.97 Å². The maximum atomic E-state index is 14.2. The number of halogens is 1. The van der Waals surface area contributed by atoms with Crippen LogP contribution in [0.15, 0.2) is 36.4 Å². The minimum absolute atomic E-state index is 0.183. The molecule has 0 saturated heterocycles. The Morgan fingerprint density at radius 3 is 2.43 bits per heavy atom. The monoisotopic (exact) mass is 287 g/mol. The summed E-state index contributed by atoms with van der Waals surface area (Å²) < 4.78 is 14.2. The van der Waals surface area contributed by atoms with Crippen molar-refractivity contribution in [1.82, 2.24) is 0 Å². The molecule has 3 nitrogen and oxygen atoms in total. The minimum Gasteiger partial charge on any atom is -0.481 e. The molecular weight excluding hydrogens is 269 g/mol. The lowest BCUT2D eigenvalue weighted by Gasteiger charge is -2.15. The van der Waals surface area contributed by atoms with Gasteiger partial charge in [-0.3, -0.25) is 4.79 Å². The molecule has 21 heavy (non-hydrogen) atoms. The van der Waals surface area contributed by atoms with E-state index in [1.807, 2.05) is 32.0 Å². The van der Waals surface area contributed by atoms with Crippen LogP contribution in [0.5, 0.6) is 0 Å². The highest BCUT2D eigenvalue weighted by atomic mass is 19.1. The Hall–Kier alpha value is -2.20. The molecule has 1 unspecified atom stereocenters. The number of benzene rings is 2. The third-order valence-electron chi connectivity index (χ3n) is 3.56. The Morgan fingerprint density at radius 2 is 1.86 bits per heavy atom. The highest BCUT2D eigenvalue weighted by Gasteiger charge is 2.15. The average molecular weight is 287 g/mol. The quantitative estimate of drug-likeness (QED) is 0.903. The van der Waals surface area contributed by atoms with Crippen LogP contribution in [0, 0.1) is 19.7 Å². The maximum Gasteiger partial charge on any atom is 0.305 e. The number of carbonyl (C=O) groups is 1. The molecule has 3 N–H and O–H groups in total. The number of rotatable bonds is 4.